The number of alkyl halides is 3. The van der Waals surface area contributed by atoms with Gasteiger partial charge in [0.2, 0.25) is 0 Å². The minimum atomic E-state index is -4.04. The van der Waals surface area contributed by atoms with Gasteiger partial charge in [-0.15, -0.1) is 0 Å². The number of hydrogen-bond acceptors (Lipinski definition) is 2. The second-order valence-corrected chi connectivity index (χ2v) is 4.36. The van der Waals surface area contributed by atoms with Gasteiger partial charge in [0, 0.05) is 19.1 Å². The lowest BCUT2D eigenvalue weighted by Crippen LogP contribution is -2.40. The van der Waals surface area contributed by atoms with Gasteiger partial charge < -0.3 is 10.2 Å². The lowest BCUT2D eigenvalue weighted by atomic mass is 10.2. The summed E-state index contributed by atoms with van der Waals surface area (Å²) in [5.74, 6) is 0.670. The molecule has 1 fully saturated rings. The number of hydrogen-bond donors (Lipinski definition) is 1. The Morgan fingerprint density at radius 3 is 2.40 bits per heavy atom. The maximum atomic E-state index is 12.0. The minimum absolute atomic E-state index is 0.0917. The first-order chi connectivity index (χ1) is 6.92. The predicted molar refractivity (Wildman–Crippen MR) is 53.7 cm³/mol. The van der Waals surface area contributed by atoms with Gasteiger partial charge in [-0.05, 0) is 32.9 Å². The van der Waals surface area contributed by atoms with E-state index >= 15 is 0 Å². The fourth-order valence-corrected chi connectivity index (χ4v) is 1.72. The van der Waals surface area contributed by atoms with Crippen LogP contribution in [0, 0.1) is 5.92 Å². The van der Waals surface area contributed by atoms with Crippen molar-refractivity contribution in [1.82, 2.24) is 10.2 Å². The minimum Gasteiger partial charge on any atom is -0.315 e. The number of nitrogens with zero attached hydrogens (tertiary/aromatic N) is 1. The van der Waals surface area contributed by atoms with Gasteiger partial charge in [0.1, 0.15) is 0 Å². The molecule has 15 heavy (non-hydrogen) atoms. The molecule has 1 aliphatic rings. The quantitative estimate of drug-likeness (QED) is 0.741. The molecule has 0 saturated heterocycles. The third kappa shape index (κ3) is 5.37. The number of nitrogens with one attached hydrogen (secondary N) is 1. The molecule has 0 spiro atoms. The lowest BCUT2D eigenvalue weighted by molar-refractivity contribution is -0.137. The highest BCUT2D eigenvalue weighted by atomic mass is 19.4. The molecule has 0 amide bonds. The Labute approximate surface area is 88.8 Å². The van der Waals surface area contributed by atoms with Crippen molar-refractivity contribution < 1.29 is 13.2 Å². The van der Waals surface area contributed by atoms with Crippen LogP contribution in [0.3, 0.4) is 0 Å². The van der Waals surface area contributed by atoms with Crippen LogP contribution in [0.15, 0.2) is 0 Å². The molecule has 1 saturated carbocycles. The monoisotopic (exact) mass is 224 g/mol. The van der Waals surface area contributed by atoms with E-state index in [4.69, 9.17) is 0 Å². The van der Waals surface area contributed by atoms with Crippen LogP contribution in [0.2, 0.25) is 0 Å². The Balaban J connectivity index is 2.19. The standard InChI is InChI=1S/C10H19F3N2/c1-14-9(8-3-4-8)7-15(2)6-5-10(11,12)13/h8-9,14H,3-7H2,1-2H3. The summed E-state index contributed by atoms with van der Waals surface area (Å²) in [5.41, 5.74) is 0. The highest BCUT2D eigenvalue weighted by molar-refractivity contribution is 4.87. The maximum Gasteiger partial charge on any atom is 0.390 e. The normalized spacial score (nSPS) is 19.6. The summed E-state index contributed by atoms with van der Waals surface area (Å²) in [4.78, 5) is 1.76. The highest BCUT2D eigenvalue weighted by Gasteiger charge is 2.32. The Kier molecular flexibility index (Phi) is 4.40. The van der Waals surface area contributed by atoms with E-state index in [9.17, 15) is 13.2 Å². The van der Waals surface area contributed by atoms with Gasteiger partial charge in [-0.3, -0.25) is 0 Å². The Morgan fingerprint density at radius 1 is 1.40 bits per heavy atom. The second-order valence-electron chi connectivity index (χ2n) is 4.36. The average Bonchev–Trinajstić information content (AvgIpc) is 2.93. The van der Waals surface area contributed by atoms with Gasteiger partial charge in [-0.25, -0.2) is 0 Å². The van der Waals surface area contributed by atoms with E-state index in [-0.39, 0.29) is 6.54 Å². The molecule has 0 heterocycles. The van der Waals surface area contributed by atoms with Gasteiger partial charge in [0.25, 0.3) is 0 Å². The molecule has 5 heteroatoms. The van der Waals surface area contributed by atoms with Gasteiger partial charge in [-0.2, -0.15) is 13.2 Å². The van der Waals surface area contributed by atoms with Crippen LogP contribution in [0.25, 0.3) is 0 Å². The lowest BCUT2D eigenvalue weighted by Gasteiger charge is -2.24. The molecule has 1 N–H and O–H groups in total. The molecule has 0 aliphatic heterocycles. The second kappa shape index (κ2) is 5.16. The van der Waals surface area contributed by atoms with Crippen LogP contribution in [-0.4, -0.2) is 44.3 Å². The van der Waals surface area contributed by atoms with Gasteiger partial charge >= 0.3 is 6.18 Å². The fourth-order valence-electron chi connectivity index (χ4n) is 1.72. The van der Waals surface area contributed by atoms with Crippen molar-refractivity contribution in [3.05, 3.63) is 0 Å². The largest absolute Gasteiger partial charge is 0.390 e. The van der Waals surface area contributed by atoms with Crippen molar-refractivity contribution >= 4 is 0 Å². The molecule has 0 radical (unpaired) electrons. The summed E-state index contributed by atoms with van der Waals surface area (Å²) in [5, 5.41) is 3.17. The predicted octanol–water partition coefficient (Wildman–Crippen LogP) is 1.87. The van der Waals surface area contributed by atoms with E-state index in [1.807, 2.05) is 7.05 Å². The molecule has 0 aromatic carbocycles. The van der Waals surface area contributed by atoms with Crippen LogP contribution in [-0.2, 0) is 0 Å². The molecule has 0 aromatic heterocycles. The number of likely N-dealkylation sites (N-methyl/N-ethyl adjacent to an activating group) is 2. The van der Waals surface area contributed by atoms with E-state index in [0.29, 0.717) is 18.5 Å². The summed E-state index contributed by atoms with van der Waals surface area (Å²) >= 11 is 0. The molecule has 1 rings (SSSR count). The summed E-state index contributed by atoms with van der Waals surface area (Å²) in [6.45, 7) is 0.797. The number of halogens is 3. The Morgan fingerprint density at radius 2 is 2.00 bits per heavy atom. The van der Waals surface area contributed by atoms with Crippen LogP contribution in [0.1, 0.15) is 19.3 Å². The topological polar surface area (TPSA) is 15.3 Å². The average molecular weight is 224 g/mol. The molecule has 2 nitrogen and oxygen atoms in total. The van der Waals surface area contributed by atoms with Crippen LogP contribution >= 0.6 is 0 Å². The van der Waals surface area contributed by atoms with E-state index in [2.05, 4.69) is 5.32 Å². The van der Waals surface area contributed by atoms with Crippen LogP contribution in [0.4, 0.5) is 13.2 Å². The number of rotatable bonds is 6. The summed E-state index contributed by atoms with van der Waals surface area (Å²) in [7, 11) is 3.62. The Bertz CT molecular complexity index is 190. The SMILES string of the molecule is CNC(CN(C)CCC(F)(F)F)C1CC1. The van der Waals surface area contributed by atoms with Crippen molar-refractivity contribution in [1.29, 1.82) is 0 Å². The van der Waals surface area contributed by atoms with Gasteiger partial charge in [-0.1, -0.05) is 0 Å². The van der Waals surface area contributed by atoms with E-state index in [0.717, 1.165) is 0 Å². The van der Waals surface area contributed by atoms with Crippen molar-refractivity contribution in [3.8, 4) is 0 Å². The highest BCUT2D eigenvalue weighted by Crippen LogP contribution is 2.32. The van der Waals surface area contributed by atoms with Crippen molar-refractivity contribution in [3.63, 3.8) is 0 Å². The summed E-state index contributed by atoms with van der Waals surface area (Å²) < 4.78 is 35.9. The first kappa shape index (κ1) is 12.8. The molecular weight excluding hydrogens is 205 g/mol. The van der Waals surface area contributed by atoms with Gasteiger partial charge in [0.05, 0.1) is 6.42 Å². The molecule has 0 aromatic rings. The summed E-state index contributed by atoms with van der Waals surface area (Å²) in [6.07, 6.45) is -2.34. The van der Waals surface area contributed by atoms with Crippen LogP contribution in [0.5, 0.6) is 0 Å². The molecule has 0 bridgehead atoms. The van der Waals surface area contributed by atoms with Gasteiger partial charge in [0.15, 0.2) is 0 Å². The van der Waals surface area contributed by atoms with E-state index < -0.39 is 12.6 Å². The van der Waals surface area contributed by atoms with Crippen molar-refractivity contribution in [2.24, 2.45) is 5.92 Å². The molecule has 1 atom stereocenters. The molecule has 1 aliphatic carbocycles. The van der Waals surface area contributed by atoms with E-state index in [1.54, 1.807) is 11.9 Å². The zero-order valence-electron chi connectivity index (χ0n) is 9.27. The molecule has 90 valence electrons. The van der Waals surface area contributed by atoms with E-state index in [1.165, 1.54) is 12.8 Å². The van der Waals surface area contributed by atoms with Crippen molar-refractivity contribution in [2.75, 3.05) is 27.2 Å². The summed E-state index contributed by atoms with van der Waals surface area (Å²) in [6, 6.07) is 0.350. The third-order valence-corrected chi connectivity index (χ3v) is 2.85. The molecule has 1 unspecified atom stereocenters. The van der Waals surface area contributed by atoms with Crippen molar-refractivity contribution in [2.45, 2.75) is 31.5 Å². The third-order valence-electron chi connectivity index (χ3n) is 2.85. The zero-order valence-corrected chi connectivity index (χ0v) is 9.27. The van der Waals surface area contributed by atoms with Crippen LogP contribution < -0.4 is 5.32 Å². The first-order valence-electron chi connectivity index (χ1n) is 5.35. The zero-order chi connectivity index (χ0) is 11.5. The first-order valence-corrected chi connectivity index (χ1v) is 5.35. The smallest absolute Gasteiger partial charge is 0.315 e. The Hall–Kier alpha value is -0.290. The molecular formula is C10H19F3N2. The fraction of sp³-hybridized carbons (Fsp3) is 1.00. The maximum absolute atomic E-state index is 12.0.